The minimum absolute atomic E-state index is 0.0473. The van der Waals surface area contributed by atoms with Crippen LogP contribution in [0.2, 0.25) is 0 Å². The van der Waals surface area contributed by atoms with Gasteiger partial charge in [-0.1, -0.05) is 18.2 Å². The average Bonchev–Trinajstić information content (AvgIpc) is 2.94. The molecule has 1 atom stereocenters. The van der Waals surface area contributed by atoms with E-state index < -0.39 is 0 Å². The van der Waals surface area contributed by atoms with E-state index in [-0.39, 0.29) is 11.9 Å². The van der Waals surface area contributed by atoms with E-state index in [9.17, 15) is 4.79 Å². The van der Waals surface area contributed by atoms with E-state index in [4.69, 9.17) is 5.26 Å². The van der Waals surface area contributed by atoms with E-state index in [1.54, 1.807) is 4.90 Å². The van der Waals surface area contributed by atoms with Gasteiger partial charge in [-0.3, -0.25) is 4.79 Å². The second-order valence-corrected chi connectivity index (χ2v) is 3.94. The van der Waals surface area contributed by atoms with Gasteiger partial charge < -0.3 is 4.90 Å². The first-order valence-electron chi connectivity index (χ1n) is 5.79. The molecular formula is C12H15N5O. The number of nitriles is 1. The lowest BCUT2D eigenvalue weighted by molar-refractivity contribution is -0.120. The van der Waals surface area contributed by atoms with Gasteiger partial charge in [0.05, 0.1) is 12.5 Å². The van der Waals surface area contributed by atoms with E-state index in [2.05, 4.69) is 22.5 Å². The number of rotatable bonds is 4. The summed E-state index contributed by atoms with van der Waals surface area (Å²) in [5, 5.41) is 8.68. The Bertz CT molecular complexity index is 436. The van der Waals surface area contributed by atoms with E-state index in [0.717, 1.165) is 5.69 Å². The van der Waals surface area contributed by atoms with Crippen LogP contribution in [0, 0.1) is 11.3 Å². The Hall–Kier alpha value is -1.94. The van der Waals surface area contributed by atoms with Crippen molar-refractivity contribution in [2.45, 2.75) is 12.5 Å². The highest BCUT2D eigenvalue weighted by Crippen LogP contribution is 2.15. The van der Waals surface area contributed by atoms with E-state index in [0.29, 0.717) is 19.5 Å². The number of hydrogen-bond acceptors (Lipinski definition) is 5. The third kappa shape index (κ3) is 2.84. The maximum atomic E-state index is 12.3. The zero-order valence-corrected chi connectivity index (χ0v) is 9.89. The fourth-order valence-electron chi connectivity index (χ4n) is 1.82. The largest absolute Gasteiger partial charge is 0.310 e. The van der Waals surface area contributed by atoms with Gasteiger partial charge in [0, 0.05) is 18.8 Å². The SMILES string of the molecule is N#CCCN(C(=O)C1CNNN1)c1ccccc1. The third-order valence-electron chi connectivity index (χ3n) is 2.72. The van der Waals surface area contributed by atoms with Crippen LogP contribution in [0.1, 0.15) is 6.42 Å². The summed E-state index contributed by atoms with van der Waals surface area (Å²) < 4.78 is 0. The van der Waals surface area contributed by atoms with Gasteiger partial charge in [0.2, 0.25) is 5.91 Å². The monoisotopic (exact) mass is 245 g/mol. The minimum Gasteiger partial charge on any atom is -0.310 e. The standard InChI is InChI=1S/C12H15N5O/c13-7-4-8-17(10-5-2-1-3-6-10)12(18)11-9-14-16-15-11/h1-3,5-6,11,14-16H,4,8-9H2. The van der Waals surface area contributed by atoms with Crippen molar-refractivity contribution in [3.05, 3.63) is 30.3 Å². The molecule has 1 saturated heterocycles. The zero-order chi connectivity index (χ0) is 12.8. The first kappa shape index (κ1) is 12.5. The number of benzene rings is 1. The van der Waals surface area contributed by atoms with Gasteiger partial charge in [-0.2, -0.15) is 10.8 Å². The smallest absolute Gasteiger partial charge is 0.246 e. The molecule has 18 heavy (non-hydrogen) atoms. The van der Waals surface area contributed by atoms with Crippen molar-refractivity contribution in [1.29, 1.82) is 5.26 Å². The van der Waals surface area contributed by atoms with Crippen molar-refractivity contribution in [1.82, 2.24) is 16.4 Å². The van der Waals surface area contributed by atoms with Gasteiger partial charge in [0.15, 0.2) is 0 Å². The van der Waals surface area contributed by atoms with Crippen molar-refractivity contribution in [2.24, 2.45) is 0 Å². The molecule has 94 valence electrons. The van der Waals surface area contributed by atoms with Gasteiger partial charge in [-0.25, -0.2) is 10.9 Å². The number of anilines is 1. The van der Waals surface area contributed by atoms with Crippen LogP contribution >= 0.6 is 0 Å². The fraction of sp³-hybridized carbons (Fsp3) is 0.333. The highest BCUT2D eigenvalue weighted by molar-refractivity contribution is 5.97. The third-order valence-corrected chi connectivity index (χ3v) is 2.72. The lowest BCUT2D eigenvalue weighted by Crippen LogP contribution is -2.47. The Morgan fingerprint density at radius 3 is 2.83 bits per heavy atom. The summed E-state index contributed by atoms with van der Waals surface area (Å²) in [7, 11) is 0. The topological polar surface area (TPSA) is 80.2 Å². The van der Waals surface area contributed by atoms with Crippen LogP contribution in [0.3, 0.4) is 0 Å². The zero-order valence-electron chi connectivity index (χ0n) is 9.89. The van der Waals surface area contributed by atoms with Gasteiger partial charge in [0.1, 0.15) is 6.04 Å². The normalized spacial score (nSPS) is 18.3. The molecule has 1 fully saturated rings. The Balaban J connectivity index is 2.14. The second kappa shape index (κ2) is 6.12. The minimum atomic E-state index is -0.316. The molecule has 2 rings (SSSR count). The quantitative estimate of drug-likeness (QED) is 0.691. The Kier molecular flexibility index (Phi) is 4.25. The highest BCUT2D eigenvalue weighted by atomic mass is 16.2. The number of nitrogens with one attached hydrogen (secondary N) is 3. The fourth-order valence-corrected chi connectivity index (χ4v) is 1.82. The van der Waals surface area contributed by atoms with Crippen LogP contribution in [0.4, 0.5) is 5.69 Å². The maximum absolute atomic E-state index is 12.3. The molecule has 1 amide bonds. The molecule has 0 spiro atoms. The summed E-state index contributed by atoms with van der Waals surface area (Å²) in [6, 6.07) is 11.1. The molecule has 1 aromatic carbocycles. The number of hydrogen-bond donors (Lipinski definition) is 3. The lowest BCUT2D eigenvalue weighted by Gasteiger charge is -2.24. The molecule has 0 aliphatic carbocycles. The van der Waals surface area contributed by atoms with Gasteiger partial charge in [-0.15, -0.1) is 0 Å². The predicted molar refractivity (Wildman–Crippen MR) is 67.1 cm³/mol. The molecule has 0 bridgehead atoms. The Morgan fingerprint density at radius 1 is 1.44 bits per heavy atom. The van der Waals surface area contributed by atoms with Crippen LogP contribution in [-0.4, -0.2) is 25.0 Å². The van der Waals surface area contributed by atoms with E-state index >= 15 is 0 Å². The predicted octanol–water partition coefficient (Wildman–Crippen LogP) is -0.0857. The molecule has 0 radical (unpaired) electrons. The second-order valence-electron chi connectivity index (χ2n) is 3.94. The first-order chi connectivity index (χ1) is 8.83. The molecule has 1 heterocycles. The van der Waals surface area contributed by atoms with Crippen molar-refractivity contribution >= 4 is 11.6 Å². The Labute approximate surface area is 106 Å². The summed E-state index contributed by atoms with van der Waals surface area (Å²) in [5.41, 5.74) is 9.20. The van der Waals surface area contributed by atoms with Gasteiger partial charge >= 0.3 is 0 Å². The van der Waals surface area contributed by atoms with Crippen molar-refractivity contribution in [2.75, 3.05) is 18.0 Å². The van der Waals surface area contributed by atoms with Crippen LogP contribution in [0.25, 0.3) is 0 Å². The molecule has 6 nitrogen and oxygen atoms in total. The molecule has 0 saturated carbocycles. The molecule has 1 aliphatic rings. The molecule has 1 aliphatic heterocycles. The molecular weight excluding hydrogens is 230 g/mol. The molecule has 1 aromatic rings. The maximum Gasteiger partial charge on any atom is 0.246 e. The van der Waals surface area contributed by atoms with Crippen molar-refractivity contribution in [3.8, 4) is 6.07 Å². The number of carbonyl (C=O) groups excluding carboxylic acids is 1. The Morgan fingerprint density at radius 2 is 2.22 bits per heavy atom. The number of hydrazine groups is 2. The van der Waals surface area contributed by atoms with Gasteiger partial charge in [0.25, 0.3) is 0 Å². The van der Waals surface area contributed by atoms with Crippen molar-refractivity contribution < 1.29 is 4.79 Å². The summed E-state index contributed by atoms with van der Waals surface area (Å²) >= 11 is 0. The van der Waals surface area contributed by atoms with Crippen LogP contribution in [-0.2, 0) is 4.79 Å². The summed E-state index contributed by atoms with van der Waals surface area (Å²) in [4.78, 5) is 14.0. The summed E-state index contributed by atoms with van der Waals surface area (Å²) in [5.74, 6) is -0.0473. The number of para-hydroxylation sites is 1. The summed E-state index contributed by atoms with van der Waals surface area (Å²) in [6.45, 7) is 0.923. The molecule has 3 N–H and O–H groups in total. The lowest BCUT2D eigenvalue weighted by atomic mass is 10.2. The van der Waals surface area contributed by atoms with Gasteiger partial charge in [-0.05, 0) is 12.1 Å². The van der Waals surface area contributed by atoms with E-state index in [1.807, 2.05) is 30.3 Å². The van der Waals surface area contributed by atoms with Crippen LogP contribution < -0.4 is 21.3 Å². The summed E-state index contributed by atoms with van der Waals surface area (Å²) in [6.07, 6.45) is 0.314. The molecule has 6 heteroatoms. The van der Waals surface area contributed by atoms with E-state index in [1.165, 1.54) is 0 Å². The van der Waals surface area contributed by atoms with Crippen molar-refractivity contribution in [3.63, 3.8) is 0 Å². The highest BCUT2D eigenvalue weighted by Gasteiger charge is 2.27. The first-order valence-corrected chi connectivity index (χ1v) is 5.79. The average molecular weight is 245 g/mol. The number of carbonyl (C=O) groups is 1. The number of amides is 1. The molecule has 1 unspecified atom stereocenters. The van der Waals surface area contributed by atoms with Crippen LogP contribution in [0.5, 0.6) is 0 Å². The molecule has 0 aromatic heterocycles. The van der Waals surface area contributed by atoms with Crippen LogP contribution in [0.15, 0.2) is 30.3 Å². The number of nitrogens with zero attached hydrogens (tertiary/aromatic N) is 2.